The Morgan fingerprint density at radius 1 is 0.884 bits per heavy atom. The highest BCUT2D eigenvalue weighted by Gasteiger charge is 2.47. The number of para-hydroxylation sites is 1. The molecule has 0 unspecified atom stereocenters. The predicted molar refractivity (Wildman–Crippen MR) is 142 cm³/mol. The van der Waals surface area contributed by atoms with Crippen molar-refractivity contribution in [2.45, 2.75) is 51.0 Å². The van der Waals surface area contributed by atoms with Crippen LogP contribution in [0.2, 0.25) is 0 Å². The number of benzene rings is 2. The summed E-state index contributed by atoms with van der Waals surface area (Å²) >= 11 is 0. The summed E-state index contributed by atoms with van der Waals surface area (Å²) < 4.78 is 79.9. The molecule has 2 aromatic carbocycles. The first kappa shape index (κ1) is 34.9. The minimum absolute atomic E-state index is 0.00685. The van der Waals surface area contributed by atoms with Gasteiger partial charge >= 0.3 is 12.1 Å². The highest BCUT2D eigenvalue weighted by molar-refractivity contribution is 5.97. The van der Waals surface area contributed by atoms with Crippen molar-refractivity contribution in [3.05, 3.63) is 59.7 Å². The normalized spacial score (nSPS) is 13.8. The monoisotopic (exact) mass is 617 g/mol. The number of carbonyl (C=O) groups excluding carboxylic acids is 4. The molecule has 0 aliphatic carbocycles. The quantitative estimate of drug-likeness (QED) is 0.239. The zero-order chi connectivity index (χ0) is 32.5. The molecule has 236 valence electrons. The van der Waals surface area contributed by atoms with Crippen LogP contribution < -0.4 is 25.4 Å². The van der Waals surface area contributed by atoms with E-state index in [9.17, 15) is 37.5 Å². The third-order valence-corrected chi connectivity index (χ3v) is 6.14. The Kier molecular flexibility index (Phi) is 12.0. The van der Waals surface area contributed by atoms with Crippen LogP contribution in [0.25, 0.3) is 0 Å². The molecule has 0 aromatic heterocycles. The molecule has 2 aromatic rings. The molecule has 0 saturated heterocycles. The van der Waals surface area contributed by atoms with Crippen LogP contribution in [-0.4, -0.2) is 67.2 Å². The molecule has 0 saturated carbocycles. The molecule has 0 bridgehead atoms. The minimum atomic E-state index is -5.28. The number of nitrogens with one attached hydrogen (secondary N) is 3. The lowest BCUT2D eigenvalue weighted by Crippen LogP contribution is -2.56. The maximum absolute atomic E-state index is 15.1. The first-order valence-electron chi connectivity index (χ1n) is 13.0. The van der Waals surface area contributed by atoms with Crippen LogP contribution in [0.5, 0.6) is 11.5 Å². The van der Waals surface area contributed by atoms with Gasteiger partial charge in [0.25, 0.3) is 11.7 Å². The fourth-order valence-electron chi connectivity index (χ4n) is 3.86. The van der Waals surface area contributed by atoms with Crippen molar-refractivity contribution in [1.82, 2.24) is 16.0 Å². The molecule has 0 fully saturated rings. The largest absolute Gasteiger partial charge is 0.497 e. The molecule has 3 amide bonds. The fraction of sp³-hybridized carbons (Fsp3) is 0.429. The number of ether oxygens (including phenoxy) is 2. The zero-order valence-corrected chi connectivity index (χ0v) is 23.6. The Morgan fingerprint density at radius 2 is 1.49 bits per heavy atom. The van der Waals surface area contributed by atoms with Crippen LogP contribution in [0.3, 0.4) is 0 Å². The average Bonchev–Trinajstić information content (AvgIpc) is 2.96. The number of hydrogen-bond donors (Lipinski definition) is 4. The standard InChI is InChI=1S/C28H32F5N3O7/c1-5-43-20-9-7-6-8-18(20)27(29,30)26(41)34-19(14-37)24(39)36-22(16-10-12-17(42-4)13-11-16)25(40)35-21(15(2)3)23(38)28(31,32)33/h6-13,15,19,21-22,37H,5,14H2,1-4H3,(H,34,41)(H,35,40)(H,36,39)/t19-,21-,22-/m0/s1. The van der Waals surface area contributed by atoms with Gasteiger partial charge in [0.05, 0.1) is 31.9 Å². The average molecular weight is 618 g/mol. The van der Waals surface area contributed by atoms with Gasteiger partial charge in [-0.3, -0.25) is 19.2 Å². The van der Waals surface area contributed by atoms with E-state index in [0.29, 0.717) is 5.75 Å². The van der Waals surface area contributed by atoms with Crippen molar-refractivity contribution in [2.24, 2.45) is 5.92 Å². The lowest BCUT2D eigenvalue weighted by Gasteiger charge is -2.27. The molecule has 43 heavy (non-hydrogen) atoms. The molecule has 3 atom stereocenters. The Hall–Kier alpha value is -4.27. The van der Waals surface area contributed by atoms with Crippen molar-refractivity contribution in [3.8, 4) is 11.5 Å². The predicted octanol–water partition coefficient (Wildman–Crippen LogP) is 2.79. The summed E-state index contributed by atoms with van der Waals surface area (Å²) in [7, 11) is 1.34. The number of ketones is 1. The number of amides is 3. The van der Waals surface area contributed by atoms with E-state index in [1.54, 1.807) is 12.2 Å². The van der Waals surface area contributed by atoms with Gasteiger partial charge < -0.3 is 30.5 Å². The van der Waals surface area contributed by atoms with Gasteiger partial charge in [0.1, 0.15) is 23.6 Å². The molecular formula is C28H32F5N3O7. The number of methoxy groups -OCH3 is 1. The van der Waals surface area contributed by atoms with Crippen LogP contribution in [-0.2, 0) is 25.1 Å². The number of aliphatic hydroxyl groups excluding tert-OH is 1. The van der Waals surface area contributed by atoms with E-state index in [0.717, 1.165) is 6.07 Å². The third-order valence-electron chi connectivity index (χ3n) is 6.14. The van der Waals surface area contributed by atoms with Crippen molar-refractivity contribution in [3.63, 3.8) is 0 Å². The summed E-state index contributed by atoms with van der Waals surface area (Å²) in [4.78, 5) is 50.8. The lowest BCUT2D eigenvalue weighted by molar-refractivity contribution is -0.175. The molecule has 15 heteroatoms. The number of alkyl halides is 5. The second kappa shape index (κ2) is 14.8. The Bertz CT molecular complexity index is 1290. The SMILES string of the molecule is CCOc1ccccc1C(F)(F)C(=O)N[C@@H](CO)C(=O)N[C@H](C(=O)N[C@H](C(=O)C(F)(F)F)C(C)C)c1ccc(OC)cc1. The Balaban J connectivity index is 2.36. The number of Topliss-reactive ketones (excluding diaryl/α,β-unsaturated/α-hetero) is 1. The van der Waals surface area contributed by atoms with E-state index < -0.39 is 71.8 Å². The summed E-state index contributed by atoms with van der Waals surface area (Å²) in [6, 6.07) is 4.25. The highest BCUT2D eigenvalue weighted by atomic mass is 19.4. The molecule has 0 heterocycles. The van der Waals surface area contributed by atoms with Crippen molar-refractivity contribution in [1.29, 1.82) is 0 Å². The number of hydrogen-bond acceptors (Lipinski definition) is 7. The van der Waals surface area contributed by atoms with E-state index in [2.05, 4.69) is 5.32 Å². The van der Waals surface area contributed by atoms with Gasteiger partial charge in [0.15, 0.2) is 0 Å². The van der Waals surface area contributed by atoms with Gasteiger partial charge in [-0.2, -0.15) is 22.0 Å². The van der Waals surface area contributed by atoms with Crippen LogP contribution in [0.4, 0.5) is 22.0 Å². The third kappa shape index (κ3) is 8.86. The van der Waals surface area contributed by atoms with E-state index in [1.165, 1.54) is 63.4 Å². The summed E-state index contributed by atoms with van der Waals surface area (Å²) in [6.45, 7) is 2.88. The molecule has 4 N–H and O–H groups in total. The molecule has 0 aliphatic heterocycles. The first-order valence-corrected chi connectivity index (χ1v) is 13.0. The summed E-state index contributed by atoms with van der Waals surface area (Å²) in [6.07, 6.45) is -5.28. The highest BCUT2D eigenvalue weighted by Crippen LogP contribution is 2.35. The Labute approximate surface area is 243 Å². The number of rotatable bonds is 14. The molecular weight excluding hydrogens is 585 g/mol. The number of aliphatic hydroxyl groups is 1. The first-order chi connectivity index (χ1) is 20.1. The maximum Gasteiger partial charge on any atom is 0.452 e. The molecule has 0 aliphatic rings. The summed E-state index contributed by atoms with van der Waals surface area (Å²) in [5.41, 5.74) is -0.816. The van der Waals surface area contributed by atoms with E-state index >= 15 is 8.78 Å². The zero-order valence-electron chi connectivity index (χ0n) is 23.6. The topological polar surface area (TPSA) is 143 Å². The summed E-state index contributed by atoms with van der Waals surface area (Å²) in [5.74, 6) is -12.0. The second-order valence-corrected chi connectivity index (χ2v) is 9.52. The van der Waals surface area contributed by atoms with Gasteiger partial charge in [-0.15, -0.1) is 0 Å². The van der Waals surface area contributed by atoms with Crippen LogP contribution in [0.15, 0.2) is 48.5 Å². The van der Waals surface area contributed by atoms with E-state index in [1.807, 2.05) is 5.32 Å². The summed E-state index contributed by atoms with van der Waals surface area (Å²) in [5, 5.41) is 15.6. The van der Waals surface area contributed by atoms with Gasteiger partial charge in [0, 0.05) is 0 Å². The van der Waals surface area contributed by atoms with Crippen molar-refractivity contribution < 1.29 is 55.7 Å². The van der Waals surface area contributed by atoms with Crippen molar-refractivity contribution >= 4 is 23.5 Å². The van der Waals surface area contributed by atoms with Gasteiger partial charge in [0.2, 0.25) is 11.8 Å². The van der Waals surface area contributed by atoms with Gasteiger partial charge in [-0.1, -0.05) is 38.1 Å². The van der Waals surface area contributed by atoms with Crippen LogP contribution in [0, 0.1) is 5.92 Å². The van der Waals surface area contributed by atoms with Crippen LogP contribution >= 0.6 is 0 Å². The van der Waals surface area contributed by atoms with Crippen molar-refractivity contribution in [2.75, 3.05) is 20.3 Å². The van der Waals surface area contributed by atoms with Gasteiger partial charge in [-0.05, 0) is 42.7 Å². The number of carbonyl (C=O) groups is 4. The molecule has 2 rings (SSSR count). The molecule has 10 nitrogen and oxygen atoms in total. The Morgan fingerprint density at radius 3 is 2.00 bits per heavy atom. The second-order valence-electron chi connectivity index (χ2n) is 9.52. The van der Waals surface area contributed by atoms with Gasteiger partial charge in [-0.25, -0.2) is 0 Å². The number of halogens is 5. The molecule has 0 spiro atoms. The molecule has 0 radical (unpaired) electrons. The minimum Gasteiger partial charge on any atom is -0.497 e. The lowest BCUT2D eigenvalue weighted by atomic mass is 9.97. The maximum atomic E-state index is 15.1. The fourth-order valence-corrected chi connectivity index (χ4v) is 3.86. The smallest absolute Gasteiger partial charge is 0.452 e. The van der Waals surface area contributed by atoms with E-state index in [4.69, 9.17) is 9.47 Å². The van der Waals surface area contributed by atoms with E-state index in [-0.39, 0.29) is 17.9 Å². The van der Waals surface area contributed by atoms with Crippen LogP contribution in [0.1, 0.15) is 37.9 Å².